The first kappa shape index (κ1) is 9.44. The number of rotatable bonds is 3. The second-order valence-electron chi connectivity index (χ2n) is 4.36. The van der Waals surface area contributed by atoms with Gasteiger partial charge in [0, 0.05) is 19.6 Å². The molecule has 1 saturated heterocycles. The summed E-state index contributed by atoms with van der Waals surface area (Å²) < 4.78 is 5.26. The first-order valence-corrected chi connectivity index (χ1v) is 5.25. The summed E-state index contributed by atoms with van der Waals surface area (Å²) in [5.74, 6) is 1.32. The molecule has 0 spiro atoms. The fourth-order valence-corrected chi connectivity index (χ4v) is 2.07. The average molecular weight is 185 g/mol. The molecule has 3 atom stereocenters. The van der Waals surface area contributed by atoms with E-state index in [1.165, 1.54) is 6.42 Å². The lowest BCUT2D eigenvalue weighted by molar-refractivity contribution is 0.00940. The highest BCUT2D eigenvalue weighted by molar-refractivity contribution is 4.89. The topological polar surface area (TPSA) is 32.7 Å². The Morgan fingerprint density at radius 1 is 1.46 bits per heavy atom. The zero-order chi connectivity index (χ0) is 9.26. The van der Waals surface area contributed by atoms with Gasteiger partial charge in [0.15, 0.2) is 0 Å². The van der Waals surface area contributed by atoms with Gasteiger partial charge < -0.3 is 9.84 Å². The number of morpholine rings is 1. The molecule has 0 aromatic carbocycles. The third-order valence-corrected chi connectivity index (χ3v) is 3.21. The van der Waals surface area contributed by atoms with E-state index >= 15 is 0 Å². The normalized spacial score (nSPS) is 37.4. The van der Waals surface area contributed by atoms with Gasteiger partial charge in [-0.15, -0.1) is 0 Å². The zero-order valence-corrected chi connectivity index (χ0v) is 8.28. The molecule has 1 heterocycles. The van der Waals surface area contributed by atoms with Crippen LogP contribution in [0.3, 0.4) is 0 Å². The van der Waals surface area contributed by atoms with E-state index in [-0.39, 0.29) is 6.10 Å². The van der Waals surface area contributed by atoms with E-state index in [2.05, 4.69) is 11.8 Å². The predicted octanol–water partition coefficient (Wildman–Crippen LogP) is 0.335. The summed E-state index contributed by atoms with van der Waals surface area (Å²) in [5, 5.41) is 9.83. The number of hydrogen-bond acceptors (Lipinski definition) is 3. The highest BCUT2D eigenvalue weighted by Gasteiger charge is 2.39. The SMILES string of the molecule is CC1CC1C(O)CN1CCOCC1. The van der Waals surface area contributed by atoms with Crippen molar-refractivity contribution in [2.24, 2.45) is 11.8 Å². The van der Waals surface area contributed by atoms with Crippen LogP contribution in [0, 0.1) is 11.8 Å². The smallest absolute Gasteiger partial charge is 0.0697 e. The third-order valence-electron chi connectivity index (χ3n) is 3.21. The quantitative estimate of drug-likeness (QED) is 0.688. The van der Waals surface area contributed by atoms with Gasteiger partial charge in [-0.3, -0.25) is 4.90 Å². The van der Waals surface area contributed by atoms with Crippen LogP contribution < -0.4 is 0 Å². The van der Waals surface area contributed by atoms with Crippen molar-refractivity contribution in [3.8, 4) is 0 Å². The fraction of sp³-hybridized carbons (Fsp3) is 1.00. The van der Waals surface area contributed by atoms with Crippen molar-refractivity contribution in [1.82, 2.24) is 4.90 Å². The number of hydrogen-bond donors (Lipinski definition) is 1. The van der Waals surface area contributed by atoms with Gasteiger partial charge in [0.25, 0.3) is 0 Å². The Bertz CT molecular complexity index is 168. The Morgan fingerprint density at radius 3 is 2.62 bits per heavy atom. The minimum atomic E-state index is -0.104. The molecule has 3 nitrogen and oxygen atoms in total. The number of aliphatic hydroxyl groups excluding tert-OH is 1. The lowest BCUT2D eigenvalue weighted by Gasteiger charge is -2.28. The largest absolute Gasteiger partial charge is 0.391 e. The van der Waals surface area contributed by atoms with Crippen LogP contribution in [0.4, 0.5) is 0 Å². The molecule has 2 aliphatic rings. The highest BCUT2D eigenvalue weighted by atomic mass is 16.5. The van der Waals surface area contributed by atoms with Crippen LogP contribution >= 0.6 is 0 Å². The Labute approximate surface area is 79.7 Å². The van der Waals surface area contributed by atoms with Gasteiger partial charge in [-0.2, -0.15) is 0 Å². The molecule has 3 heteroatoms. The Kier molecular flexibility index (Phi) is 2.86. The maximum absolute atomic E-state index is 9.83. The molecule has 0 amide bonds. The van der Waals surface area contributed by atoms with Gasteiger partial charge >= 0.3 is 0 Å². The Balaban J connectivity index is 1.70. The van der Waals surface area contributed by atoms with Gasteiger partial charge in [0.2, 0.25) is 0 Å². The van der Waals surface area contributed by atoms with Crippen molar-refractivity contribution in [3.05, 3.63) is 0 Å². The molecule has 2 rings (SSSR count). The van der Waals surface area contributed by atoms with E-state index in [1.54, 1.807) is 0 Å². The van der Waals surface area contributed by atoms with Crippen molar-refractivity contribution >= 4 is 0 Å². The minimum absolute atomic E-state index is 0.104. The molecule has 1 aliphatic heterocycles. The molecule has 76 valence electrons. The Hall–Kier alpha value is -0.120. The third kappa shape index (κ3) is 2.42. The van der Waals surface area contributed by atoms with Crippen molar-refractivity contribution in [3.63, 3.8) is 0 Å². The standard InChI is InChI=1S/C10H19NO2/c1-8-6-9(8)10(12)7-11-2-4-13-5-3-11/h8-10,12H,2-7H2,1H3. The van der Waals surface area contributed by atoms with E-state index in [0.29, 0.717) is 5.92 Å². The molecule has 2 fully saturated rings. The zero-order valence-electron chi connectivity index (χ0n) is 8.28. The molecular weight excluding hydrogens is 166 g/mol. The summed E-state index contributed by atoms with van der Waals surface area (Å²) >= 11 is 0. The van der Waals surface area contributed by atoms with E-state index < -0.39 is 0 Å². The number of aliphatic hydroxyl groups is 1. The predicted molar refractivity (Wildman–Crippen MR) is 50.5 cm³/mol. The van der Waals surface area contributed by atoms with Crippen LogP contribution in [0.2, 0.25) is 0 Å². The summed E-state index contributed by atoms with van der Waals surface area (Å²) in [6.07, 6.45) is 1.11. The first-order chi connectivity index (χ1) is 6.27. The van der Waals surface area contributed by atoms with Gasteiger partial charge in [-0.25, -0.2) is 0 Å². The number of β-amino-alcohol motifs (C(OH)–C–C–N with tert-alkyl or cyclic N) is 1. The summed E-state index contributed by atoms with van der Waals surface area (Å²) in [5.41, 5.74) is 0. The molecule has 0 aromatic rings. The van der Waals surface area contributed by atoms with Crippen molar-refractivity contribution in [2.45, 2.75) is 19.4 Å². The van der Waals surface area contributed by atoms with Crippen LogP contribution in [0.5, 0.6) is 0 Å². The lowest BCUT2D eigenvalue weighted by Crippen LogP contribution is -2.41. The van der Waals surface area contributed by atoms with Crippen LogP contribution in [-0.2, 0) is 4.74 Å². The molecular formula is C10H19NO2. The second-order valence-corrected chi connectivity index (χ2v) is 4.36. The monoisotopic (exact) mass is 185 g/mol. The average Bonchev–Trinajstić information content (AvgIpc) is 2.84. The highest BCUT2D eigenvalue weighted by Crippen LogP contribution is 2.40. The maximum atomic E-state index is 9.83. The van der Waals surface area contributed by atoms with Crippen LogP contribution in [0.15, 0.2) is 0 Å². The Morgan fingerprint density at radius 2 is 2.08 bits per heavy atom. The molecule has 13 heavy (non-hydrogen) atoms. The van der Waals surface area contributed by atoms with Crippen molar-refractivity contribution < 1.29 is 9.84 Å². The van der Waals surface area contributed by atoms with E-state index in [0.717, 1.165) is 38.8 Å². The van der Waals surface area contributed by atoms with Crippen LogP contribution in [-0.4, -0.2) is 49.0 Å². The maximum Gasteiger partial charge on any atom is 0.0697 e. The lowest BCUT2D eigenvalue weighted by atomic mass is 10.2. The van der Waals surface area contributed by atoms with Crippen LogP contribution in [0.1, 0.15) is 13.3 Å². The summed E-state index contributed by atoms with van der Waals surface area (Å²) in [6, 6.07) is 0. The number of nitrogens with zero attached hydrogens (tertiary/aromatic N) is 1. The van der Waals surface area contributed by atoms with Gasteiger partial charge in [0.1, 0.15) is 0 Å². The summed E-state index contributed by atoms with van der Waals surface area (Å²) in [4.78, 5) is 2.30. The van der Waals surface area contributed by atoms with Gasteiger partial charge in [-0.1, -0.05) is 6.92 Å². The molecule has 1 N–H and O–H groups in total. The molecule has 0 radical (unpaired) electrons. The van der Waals surface area contributed by atoms with Gasteiger partial charge in [0.05, 0.1) is 19.3 Å². The molecule has 0 aromatic heterocycles. The van der Waals surface area contributed by atoms with Crippen molar-refractivity contribution in [1.29, 1.82) is 0 Å². The molecule has 3 unspecified atom stereocenters. The molecule has 1 saturated carbocycles. The second kappa shape index (κ2) is 3.95. The van der Waals surface area contributed by atoms with Gasteiger partial charge in [-0.05, 0) is 18.3 Å². The fourth-order valence-electron chi connectivity index (χ4n) is 2.07. The summed E-state index contributed by atoms with van der Waals surface area (Å²) in [6.45, 7) is 6.68. The van der Waals surface area contributed by atoms with Crippen LogP contribution in [0.25, 0.3) is 0 Å². The summed E-state index contributed by atoms with van der Waals surface area (Å²) in [7, 11) is 0. The van der Waals surface area contributed by atoms with E-state index in [4.69, 9.17) is 4.74 Å². The van der Waals surface area contributed by atoms with E-state index in [1.807, 2.05) is 0 Å². The minimum Gasteiger partial charge on any atom is -0.391 e. The van der Waals surface area contributed by atoms with E-state index in [9.17, 15) is 5.11 Å². The molecule has 1 aliphatic carbocycles. The number of ether oxygens (including phenoxy) is 1. The van der Waals surface area contributed by atoms with Crippen molar-refractivity contribution in [2.75, 3.05) is 32.8 Å². The first-order valence-electron chi connectivity index (χ1n) is 5.25. The molecule has 0 bridgehead atoms.